The maximum atomic E-state index is 12.9. The fourth-order valence-electron chi connectivity index (χ4n) is 3.83. The summed E-state index contributed by atoms with van der Waals surface area (Å²) in [4.78, 5) is 24.8. The summed E-state index contributed by atoms with van der Waals surface area (Å²) in [7, 11) is 0. The van der Waals surface area contributed by atoms with Crippen molar-refractivity contribution in [3.05, 3.63) is 79.1 Å². The van der Waals surface area contributed by atoms with E-state index in [2.05, 4.69) is 35.0 Å². The number of carbonyl (C=O) groups excluding carboxylic acids is 1. The van der Waals surface area contributed by atoms with Gasteiger partial charge in [-0.1, -0.05) is 12.1 Å². The second-order valence-corrected chi connectivity index (χ2v) is 7.89. The van der Waals surface area contributed by atoms with Crippen LogP contribution in [0.3, 0.4) is 0 Å². The van der Waals surface area contributed by atoms with Crippen molar-refractivity contribution in [2.45, 2.75) is 18.9 Å². The van der Waals surface area contributed by atoms with Gasteiger partial charge < -0.3 is 14.9 Å². The molecule has 0 radical (unpaired) electrons. The van der Waals surface area contributed by atoms with Crippen LogP contribution < -0.4 is 5.32 Å². The smallest absolute Gasteiger partial charge is 0.274 e. The van der Waals surface area contributed by atoms with Gasteiger partial charge in [-0.05, 0) is 54.8 Å². The fraction of sp³-hybridized carbons (Fsp3) is 0.125. The number of hydrogen-bond donors (Lipinski definition) is 2. The first-order valence-corrected chi connectivity index (χ1v) is 10.5. The topological polar surface area (TPSA) is 101 Å². The third kappa shape index (κ3) is 3.41. The van der Waals surface area contributed by atoms with Gasteiger partial charge in [-0.3, -0.25) is 14.8 Å². The maximum absolute atomic E-state index is 12.9. The lowest BCUT2D eigenvalue weighted by Crippen LogP contribution is -2.13. The Kier molecular flexibility index (Phi) is 4.28. The Morgan fingerprint density at radius 1 is 1.03 bits per heavy atom. The van der Waals surface area contributed by atoms with Gasteiger partial charge in [0.2, 0.25) is 0 Å². The minimum absolute atomic E-state index is 0.276. The first-order valence-electron chi connectivity index (χ1n) is 10.5. The molecule has 1 aliphatic rings. The van der Waals surface area contributed by atoms with Crippen molar-refractivity contribution < 1.29 is 4.79 Å². The molecule has 1 aliphatic carbocycles. The summed E-state index contributed by atoms with van der Waals surface area (Å²) in [6.07, 6.45) is 9.36. The van der Waals surface area contributed by atoms with Crippen LogP contribution in [0.5, 0.6) is 0 Å². The fourth-order valence-corrected chi connectivity index (χ4v) is 3.83. The van der Waals surface area contributed by atoms with E-state index in [-0.39, 0.29) is 5.91 Å². The molecule has 1 amide bonds. The van der Waals surface area contributed by atoms with Crippen LogP contribution in [0.15, 0.2) is 73.4 Å². The largest absolute Gasteiger partial charge is 0.360 e. The molecule has 32 heavy (non-hydrogen) atoms. The molecule has 2 N–H and O–H groups in total. The van der Waals surface area contributed by atoms with E-state index >= 15 is 0 Å². The summed E-state index contributed by atoms with van der Waals surface area (Å²) in [6, 6.07) is 15.7. The van der Waals surface area contributed by atoms with E-state index in [0.717, 1.165) is 46.4 Å². The van der Waals surface area contributed by atoms with Crippen molar-refractivity contribution in [3.63, 3.8) is 0 Å². The van der Waals surface area contributed by atoms with Gasteiger partial charge in [0.15, 0.2) is 5.82 Å². The van der Waals surface area contributed by atoms with Crippen LogP contribution in [0.1, 0.15) is 29.4 Å². The standard InChI is InChI=1S/C24H19N7O/c32-24(22-11-15(6-8-26-22)17-12-21-20(27-13-17)7-9-25-21)29-18-3-1-2-16(10-18)23-30-28-14-31(23)19-4-5-19/h1-3,6-14,19,25H,4-5H2,(H,29,32). The van der Waals surface area contributed by atoms with Crippen molar-refractivity contribution in [2.75, 3.05) is 5.32 Å². The molecule has 1 saturated carbocycles. The summed E-state index contributed by atoms with van der Waals surface area (Å²) in [5.41, 5.74) is 5.57. The van der Waals surface area contributed by atoms with Crippen molar-refractivity contribution in [1.82, 2.24) is 29.7 Å². The third-order valence-electron chi connectivity index (χ3n) is 5.62. The molecule has 8 nitrogen and oxygen atoms in total. The highest BCUT2D eigenvalue weighted by molar-refractivity contribution is 6.03. The second-order valence-electron chi connectivity index (χ2n) is 7.89. The molecule has 4 heterocycles. The number of fused-ring (bicyclic) bond motifs is 1. The van der Waals surface area contributed by atoms with Crippen LogP contribution >= 0.6 is 0 Å². The number of nitrogens with zero attached hydrogens (tertiary/aromatic N) is 5. The van der Waals surface area contributed by atoms with Gasteiger partial charge >= 0.3 is 0 Å². The van der Waals surface area contributed by atoms with Gasteiger partial charge in [0.05, 0.1) is 11.0 Å². The number of hydrogen-bond acceptors (Lipinski definition) is 5. The molecule has 8 heteroatoms. The molecule has 0 unspecified atom stereocenters. The second kappa shape index (κ2) is 7.42. The molecule has 0 bridgehead atoms. The normalized spacial score (nSPS) is 13.4. The monoisotopic (exact) mass is 421 g/mol. The summed E-state index contributed by atoms with van der Waals surface area (Å²) >= 11 is 0. The van der Waals surface area contributed by atoms with Crippen LogP contribution in [-0.2, 0) is 0 Å². The number of benzene rings is 1. The number of aromatic nitrogens is 6. The number of pyridine rings is 2. The van der Waals surface area contributed by atoms with Gasteiger partial charge in [-0.2, -0.15) is 0 Å². The first kappa shape index (κ1) is 18.4. The zero-order chi connectivity index (χ0) is 21.5. The van der Waals surface area contributed by atoms with Gasteiger partial charge in [-0.25, -0.2) is 0 Å². The molecular weight excluding hydrogens is 402 g/mol. The molecule has 1 fully saturated rings. The molecule has 5 aromatic rings. The van der Waals surface area contributed by atoms with Crippen LogP contribution in [-0.4, -0.2) is 35.6 Å². The van der Waals surface area contributed by atoms with Crippen molar-refractivity contribution in [1.29, 1.82) is 0 Å². The third-order valence-corrected chi connectivity index (χ3v) is 5.62. The lowest BCUT2D eigenvalue weighted by molar-refractivity contribution is 0.102. The SMILES string of the molecule is O=C(Nc1cccc(-c2nncn2C2CC2)c1)c1cc(-c2cnc3cc[nH]c3c2)ccn1. The minimum atomic E-state index is -0.276. The van der Waals surface area contributed by atoms with Crippen molar-refractivity contribution in [3.8, 4) is 22.5 Å². The van der Waals surface area contributed by atoms with E-state index in [0.29, 0.717) is 17.4 Å². The minimum Gasteiger partial charge on any atom is -0.360 e. The lowest BCUT2D eigenvalue weighted by Gasteiger charge is -2.09. The Morgan fingerprint density at radius 2 is 1.97 bits per heavy atom. The first-order chi connectivity index (χ1) is 15.7. The van der Waals surface area contributed by atoms with Crippen LogP contribution in [0, 0.1) is 0 Å². The number of nitrogens with one attached hydrogen (secondary N) is 2. The predicted molar refractivity (Wildman–Crippen MR) is 121 cm³/mol. The van der Waals surface area contributed by atoms with Crippen molar-refractivity contribution >= 4 is 22.6 Å². The Labute approximate surface area is 183 Å². The molecule has 156 valence electrons. The number of anilines is 1. The zero-order valence-corrected chi connectivity index (χ0v) is 17.1. The molecule has 0 saturated heterocycles. The molecular formula is C24H19N7O. The quantitative estimate of drug-likeness (QED) is 0.436. The summed E-state index contributed by atoms with van der Waals surface area (Å²) in [6.45, 7) is 0. The van der Waals surface area contributed by atoms with E-state index in [4.69, 9.17) is 0 Å². The zero-order valence-electron chi connectivity index (χ0n) is 17.1. The summed E-state index contributed by atoms with van der Waals surface area (Å²) in [5, 5.41) is 11.3. The molecule has 4 aromatic heterocycles. The number of amides is 1. The molecule has 0 spiro atoms. The van der Waals surface area contributed by atoms with E-state index in [1.807, 2.05) is 48.7 Å². The number of rotatable bonds is 5. The highest BCUT2D eigenvalue weighted by Gasteiger charge is 2.26. The van der Waals surface area contributed by atoms with Gasteiger partial charge in [0.25, 0.3) is 5.91 Å². The van der Waals surface area contributed by atoms with Crippen LogP contribution in [0.25, 0.3) is 33.5 Å². The highest BCUT2D eigenvalue weighted by atomic mass is 16.1. The molecule has 0 atom stereocenters. The number of H-pyrrole nitrogens is 1. The molecule has 6 rings (SSSR count). The summed E-state index contributed by atoms with van der Waals surface area (Å²) < 4.78 is 2.10. The van der Waals surface area contributed by atoms with Gasteiger partial charge in [-0.15, -0.1) is 10.2 Å². The van der Waals surface area contributed by atoms with Crippen molar-refractivity contribution in [2.24, 2.45) is 0 Å². The Morgan fingerprint density at radius 3 is 2.88 bits per heavy atom. The highest BCUT2D eigenvalue weighted by Crippen LogP contribution is 2.37. The number of carbonyl (C=O) groups is 1. The molecule has 1 aromatic carbocycles. The van der Waals surface area contributed by atoms with E-state index in [9.17, 15) is 4.79 Å². The van der Waals surface area contributed by atoms with Gasteiger partial charge in [0.1, 0.15) is 12.0 Å². The Hall–Kier alpha value is -4.33. The number of aromatic amines is 1. The average molecular weight is 421 g/mol. The molecule has 0 aliphatic heterocycles. The Bertz CT molecular complexity index is 1450. The maximum Gasteiger partial charge on any atom is 0.274 e. The average Bonchev–Trinajstić information content (AvgIpc) is 3.36. The van der Waals surface area contributed by atoms with Crippen LogP contribution in [0.4, 0.5) is 5.69 Å². The summed E-state index contributed by atoms with van der Waals surface area (Å²) in [5.74, 6) is 0.539. The van der Waals surface area contributed by atoms with E-state index in [1.165, 1.54) is 0 Å². The van der Waals surface area contributed by atoms with E-state index in [1.54, 1.807) is 24.8 Å². The van der Waals surface area contributed by atoms with E-state index < -0.39 is 0 Å². The van der Waals surface area contributed by atoms with Crippen LogP contribution in [0.2, 0.25) is 0 Å². The lowest BCUT2D eigenvalue weighted by atomic mass is 10.1. The van der Waals surface area contributed by atoms with Gasteiger partial charge in [0, 0.05) is 41.4 Å². The Balaban J connectivity index is 1.25. The predicted octanol–water partition coefficient (Wildman–Crippen LogP) is 4.47.